The third-order valence-corrected chi connectivity index (χ3v) is 6.58. The number of nitrogens with zero attached hydrogens (tertiary/aromatic N) is 1. The lowest BCUT2D eigenvalue weighted by Gasteiger charge is -2.19. The highest BCUT2D eigenvalue weighted by Crippen LogP contribution is 2.24. The summed E-state index contributed by atoms with van der Waals surface area (Å²) in [6.45, 7) is 6.27. The molecule has 0 saturated heterocycles. The normalized spacial score (nSPS) is 11.8. The third kappa shape index (κ3) is 5.54. The molecule has 1 aromatic heterocycles. The summed E-state index contributed by atoms with van der Waals surface area (Å²) in [5.41, 5.74) is 2.94. The first kappa shape index (κ1) is 21.7. The lowest BCUT2D eigenvalue weighted by molar-refractivity contribution is 0.102. The van der Waals surface area contributed by atoms with Crippen molar-refractivity contribution in [3.8, 4) is 0 Å². The number of aryl methyl sites for hydroxylation is 1. The number of hydrogen-bond donors (Lipinski definition) is 1. The first-order chi connectivity index (χ1) is 14.1. The minimum Gasteiger partial charge on any atom is -0.321 e. The lowest BCUT2D eigenvalue weighted by atomic mass is 9.87. The molecule has 0 saturated carbocycles. The molecule has 0 bridgehead atoms. The maximum Gasteiger partial charge on any atom is 0.255 e. The largest absolute Gasteiger partial charge is 0.321 e. The van der Waals surface area contributed by atoms with Crippen molar-refractivity contribution in [2.75, 3.05) is 11.1 Å². The zero-order valence-electron chi connectivity index (χ0n) is 17.4. The number of hydrogen-bond acceptors (Lipinski definition) is 4. The molecule has 2 aromatic carbocycles. The molecule has 156 valence electrons. The second-order valence-corrected chi connectivity index (χ2v) is 10.3. The second kappa shape index (κ2) is 8.79. The smallest absolute Gasteiger partial charge is 0.255 e. The molecule has 0 aliphatic carbocycles. The number of aromatic nitrogens is 1. The quantitative estimate of drug-likeness (QED) is 0.627. The van der Waals surface area contributed by atoms with Crippen molar-refractivity contribution in [2.45, 2.75) is 37.5 Å². The van der Waals surface area contributed by atoms with E-state index in [0.29, 0.717) is 22.6 Å². The molecule has 3 rings (SSSR count). The van der Waals surface area contributed by atoms with Gasteiger partial charge in [-0.3, -0.25) is 9.78 Å². The number of carbonyl (C=O) groups is 1. The van der Waals surface area contributed by atoms with Gasteiger partial charge in [0, 0.05) is 11.8 Å². The summed E-state index contributed by atoms with van der Waals surface area (Å²) in [6.07, 6.45) is 3.53. The van der Waals surface area contributed by atoms with E-state index in [-0.39, 0.29) is 17.1 Å². The molecule has 0 unspecified atom stereocenters. The van der Waals surface area contributed by atoms with Crippen molar-refractivity contribution < 1.29 is 13.2 Å². The molecule has 0 radical (unpaired) electrons. The Morgan fingerprint density at radius 2 is 1.73 bits per heavy atom. The Kier molecular flexibility index (Phi) is 6.37. The van der Waals surface area contributed by atoms with E-state index >= 15 is 0 Å². The fourth-order valence-electron chi connectivity index (χ4n) is 3.04. The summed E-state index contributed by atoms with van der Waals surface area (Å²) >= 11 is 0. The SMILES string of the molecule is CC(C)(C)c1ccc(S(=O)(=O)CCc2cccc(C(=O)Nc3cccnc3)c2)cc1. The molecule has 1 heterocycles. The Hall–Kier alpha value is -2.99. The van der Waals surface area contributed by atoms with Crippen LogP contribution < -0.4 is 5.32 Å². The van der Waals surface area contributed by atoms with Gasteiger partial charge in [-0.2, -0.15) is 0 Å². The molecule has 0 aliphatic rings. The van der Waals surface area contributed by atoms with Crippen LogP contribution in [0.5, 0.6) is 0 Å². The summed E-state index contributed by atoms with van der Waals surface area (Å²) in [4.78, 5) is 16.7. The average Bonchev–Trinajstić information content (AvgIpc) is 2.73. The number of nitrogens with one attached hydrogen (secondary N) is 1. The molecule has 1 N–H and O–H groups in total. The highest BCUT2D eigenvalue weighted by atomic mass is 32.2. The molecule has 6 heteroatoms. The summed E-state index contributed by atoms with van der Waals surface area (Å²) in [7, 11) is -3.41. The lowest BCUT2D eigenvalue weighted by Crippen LogP contribution is -2.14. The van der Waals surface area contributed by atoms with Crippen molar-refractivity contribution in [1.29, 1.82) is 0 Å². The van der Waals surface area contributed by atoms with Gasteiger partial charge in [-0.15, -0.1) is 0 Å². The van der Waals surface area contributed by atoms with Gasteiger partial charge in [0.2, 0.25) is 0 Å². The Labute approximate surface area is 178 Å². The molecule has 5 nitrogen and oxygen atoms in total. The van der Waals surface area contributed by atoms with Crippen LogP contribution in [-0.2, 0) is 21.7 Å². The highest BCUT2D eigenvalue weighted by Gasteiger charge is 2.18. The molecule has 3 aromatic rings. The number of pyridine rings is 1. The Balaban J connectivity index is 1.68. The Bertz CT molecular complexity index is 1120. The zero-order valence-corrected chi connectivity index (χ0v) is 18.2. The number of amides is 1. The summed E-state index contributed by atoms with van der Waals surface area (Å²) in [5.74, 6) is -0.277. The van der Waals surface area contributed by atoms with Gasteiger partial charge in [0.15, 0.2) is 9.84 Å². The van der Waals surface area contributed by atoms with Crippen LogP contribution in [0.15, 0.2) is 78.0 Å². The third-order valence-electron chi connectivity index (χ3n) is 4.85. The predicted molar refractivity (Wildman–Crippen MR) is 120 cm³/mol. The van der Waals surface area contributed by atoms with Gasteiger partial charge in [0.05, 0.1) is 22.5 Å². The van der Waals surface area contributed by atoms with Gasteiger partial charge in [-0.1, -0.05) is 45.0 Å². The first-order valence-electron chi connectivity index (χ1n) is 9.79. The van der Waals surface area contributed by atoms with E-state index in [0.717, 1.165) is 11.1 Å². The standard InChI is InChI=1S/C24H26N2O3S/c1-24(2,3)20-9-11-22(12-10-20)30(28,29)15-13-18-6-4-7-19(16-18)23(27)26-21-8-5-14-25-17-21/h4-12,14,16-17H,13,15H2,1-3H3,(H,26,27). The molecule has 0 aliphatic heterocycles. The van der Waals surface area contributed by atoms with Crippen molar-refractivity contribution in [3.05, 3.63) is 89.7 Å². The molecule has 0 spiro atoms. The zero-order chi connectivity index (χ0) is 21.8. The van der Waals surface area contributed by atoms with Gasteiger partial charge >= 0.3 is 0 Å². The van der Waals surface area contributed by atoms with Gasteiger partial charge in [-0.25, -0.2) is 8.42 Å². The Morgan fingerprint density at radius 1 is 1.00 bits per heavy atom. The summed E-state index contributed by atoms with van der Waals surface area (Å²) in [6, 6.07) is 17.6. The van der Waals surface area contributed by atoms with E-state index in [1.165, 1.54) is 0 Å². The van der Waals surface area contributed by atoms with Crippen LogP contribution in [0.25, 0.3) is 0 Å². The minimum absolute atomic E-state index is 0.0183. The molecule has 0 fully saturated rings. The fourth-order valence-corrected chi connectivity index (χ4v) is 4.33. The van der Waals surface area contributed by atoms with Crippen LogP contribution in [0.1, 0.15) is 42.3 Å². The predicted octanol–water partition coefficient (Wildman–Crippen LogP) is 4.65. The van der Waals surface area contributed by atoms with Crippen LogP contribution >= 0.6 is 0 Å². The second-order valence-electron chi connectivity index (χ2n) is 8.24. The van der Waals surface area contributed by atoms with Crippen molar-refractivity contribution in [3.63, 3.8) is 0 Å². The number of benzene rings is 2. The van der Waals surface area contributed by atoms with Crippen LogP contribution in [0.4, 0.5) is 5.69 Å². The highest BCUT2D eigenvalue weighted by molar-refractivity contribution is 7.91. The van der Waals surface area contributed by atoms with E-state index in [1.54, 1.807) is 54.9 Å². The fraction of sp³-hybridized carbons (Fsp3) is 0.250. The van der Waals surface area contributed by atoms with Gasteiger partial charge < -0.3 is 5.32 Å². The average molecular weight is 423 g/mol. The maximum absolute atomic E-state index is 12.7. The molecule has 30 heavy (non-hydrogen) atoms. The number of rotatable bonds is 6. The van der Waals surface area contributed by atoms with Crippen LogP contribution in [0, 0.1) is 0 Å². The van der Waals surface area contributed by atoms with Crippen LogP contribution in [0.2, 0.25) is 0 Å². The van der Waals surface area contributed by atoms with Crippen molar-refractivity contribution in [2.24, 2.45) is 0 Å². The number of carbonyl (C=O) groups excluding carboxylic acids is 1. The molecular formula is C24H26N2O3S. The van der Waals surface area contributed by atoms with E-state index in [4.69, 9.17) is 0 Å². The van der Waals surface area contributed by atoms with Crippen LogP contribution in [0.3, 0.4) is 0 Å². The van der Waals surface area contributed by atoms with Gasteiger partial charge in [-0.05, 0) is 59.4 Å². The topological polar surface area (TPSA) is 76.1 Å². The monoisotopic (exact) mass is 422 g/mol. The molecule has 0 atom stereocenters. The van der Waals surface area contributed by atoms with Crippen molar-refractivity contribution >= 4 is 21.4 Å². The minimum atomic E-state index is -3.41. The van der Waals surface area contributed by atoms with Gasteiger partial charge in [0.25, 0.3) is 5.91 Å². The van der Waals surface area contributed by atoms with Gasteiger partial charge in [0.1, 0.15) is 0 Å². The first-order valence-corrected chi connectivity index (χ1v) is 11.4. The van der Waals surface area contributed by atoms with Crippen LogP contribution in [-0.4, -0.2) is 25.1 Å². The summed E-state index contributed by atoms with van der Waals surface area (Å²) < 4.78 is 25.5. The van der Waals surface area contributed by atoms with E-state index in [1.807, 2.05) is 18.2 Å². The maximum atomic E-state index is 12.7. The molecular weight excluding hydrogens is 396 g/mol. The van der Waals surface area contributed by atoms with E-state index in [9.17, 15) is 13.2 Å². The van der Waals surface area contributed by atoms with E-state index in [2.05, 4.69) is 31.1 Å². The number of anilines is 1. The van der Waals surface area contributed by atoms with E-state index < -0.39 is 9.84 Å². The number of sulfone groups is 1. The summed E-state index contributed by atoms with van der Waals surface area (Å²) in [5, 5.41) is 2.78. The Morgan fingerprint density at radius 3 is 2.37 bits per heavy atom. The molecule has 1 amide bonds. The van der Waals surface area contributed by atoms with Crippen molar-refractivity contribution in [1.82, 2.24) is 4.98 Å².